The quantitative estimate of drug-likeness (QED) is 0.423. The molecule has 1 aromatic rings. The van der Waals surface area contributed by atoms with Crippen LogP contribution in [0.4, 0.5) is 0 Å². The molecule has 0 bridgehead atoms. The number of benzene rings is 1. The van der Waals surface area contributed by atoms with Crippen molar-refractivity contribution in [3.63, 3.8) is 0 Å². The van der Waals surface area contributed by atoms with E-state index in [9.17, 15) is 14.7 Å². The SMILES string of the molecule is CNC(=O)C(=O)N/N=C\c1cc(Br)c(O)c(OC)c1. The van der Waals surface area contributed by atoms with Gasteiger partial charge in [-0.2, -0.15) is 5.10 Å². The van der Waals surface area contributed by atoms with E-state index in [4.69, 9.17) is 4.74 Å². The minimum atomic E-state index is -0.872. The number of halogens is 1. The molecule has 7 nitrogen and oxygen atoms in total. The molecule has 3 N–H and O–H groups in total. The highest BCUT2D eigenvalue weighted by molar-refractivity contribution is 9.10. The van der Waals surface area contributed by atoms with Crippen LogP contribution in [0.3, 0.4) is 0 Å². The lowest BCUT2D eigenvalue weighted by Crippen LogP contribution is -2.35. The standard InChI is InChI=1S/C11H12BrN3O4/c1-13-10(17)11(18)15-14-5-6-3-7(12)9(16)8(4-6)19-2/h3-5,16H,1-2H3,(H,13,17)(H,15,18)/b14-5-. The Morgan fingerprint density at radius 3 is 2.68 bits per heavy atom. The van der Waals surface area contributed by atoms with Gasteiger partial charge in [-0.3, -0.25) is 9.59 Å². The van der Waals surface area contributed by atoms with Crippen LogP contribution >= 0.6 is 15.9 Å². The van der Waals surface area contributed by atoms with Crippen molar-refractivity contribution in [1.82, 2.24) is 10.7 Å². The van der Waals surface area contributed by atoms with Gasteiger partial charge in [-0.05, 0) is 33.6 Å². The van der Waals surface area contributed by atoms with E-state index < -0.39 is 11.8 Å². The lowest BCUT2D eigenvalue weighted by Gasteiger charge is -2.06. The summed E-state index contributed by atoms with van der Waals surface area (Å²) in [6.45, 7) is 0. The predicted octanol–water partition coefficient (Wildman–Crippen LogP) is 0.359. The zero-order valence-corrected chi connectivity index (χ0v) is 11.8. The maximum Gasteiger partial charge on any atom is 0.329 e. The number of methoxy groups -OCH3 is 1. The van der Waals surface area contributed by atoms with Crippen molar-refractivity contribution in [3.05, 3.63) is 22.2 Å². The molecule has 0 saturated carbocycles. The van der Waals surface area contributed by atoms with E-state index >= 15 is 0 Å². The Morgan fingerprint density at radius 1 is 1.42 bits per heavy atom. The number of hydrogen-bond donors (Lipinski definition) is 3. The molecule has 0 spiro atoms. The number of carbonyl (C=O) groups is 2. The van der Waals surface area contributed by atoms with Crippen LogP contribution in [0.15, 0.2) is 21.7 Å². The maximum atomic E-state index is 11.1. The fourth-order valence-corrected chi connectivity index (χ4v) is 1.61. The van der Waals surface area contributed by atoms with Crippen molar-refractivity contribution in [1.29, 1.82) is 0 Å². The molecule has 0 aliphatic rings. The molecule has 19 heavy (non-hydrogen) atoms. The third-order valence-electron chi connectivity index (χ3n) is 2.08. The average molecular weight is 330 g/mol. The van der Waals surface area contributed by atoms with Crippen LogP contribution in [0.25, 0.3) is 0 Å². The van der Waals surface area contributed by atoms with Gasteiger partial charge in [-0.15, -0.1) is 0 Å². The van der Waals surface area contributed by atoms with Crippen LogP contribution < -0.4 is 15.5 Å². The molecular weight excluding hydrogens is 318 g/mol. The van der Waals surface area contributed by atoms with Crippen LogP contribution in [-0.4, -0.2) is 37.3 Å². The normalized spacial score (nSPS) is 10.3. The van der Waals surface area contributed by atoms with Gasteiger partial charge in [0.15, 0.2) is 11.5 Å². The van der Waals surface area contributed by atoms with E-state index in [-0.39, 0.29) is 11.5 Å². The monoisotopic (exact) mass is 329 g/mol. The first-order valence-corrected chi connectivity index (χ1v) is 5.90. The number of amides is 2. The minimum Gasteiger partial charge on any atom is -0.503 e. The molecule has 8 heteroatoms. The number of carbonyl (C=O) groups excluding carboxylic acids is 2. The zero-order valence-electron chi connectivity index (χ0n) is 10.2. The van der Waals surface area contributed by atoms with Crippen molar-refractivity contribution >= 4 is 34.0 Å². The molecule has 0 atom stereocenters. The van der Waals surface area contributed by atoms with Crippen molar-refractivity contribution in [2.75, 3.05) is 14.2 Å². The van der Waals surface area contributed by atoms with Gasteiger partial charge in [0.05, 0.1) is 17.8 Å². The molecule has 0 saturated heterocycles. The highest BCUT2D eigenvalue weighted by Gasteiger charge is 2.10. The fraction of sp³-hybridized carbons (Fsp3) is 0.182. The van der Waals surface area contributed by atoms with E-state index in [1.807, 2.05) is 0 Å². The number of phenolic OH excluding ortho intramolecular Hbond substituents is 1. The van der Waals surface area contributed by atoms with Crippen molar-refractivity contribution in [2.45, 2.75) is 0 Å². The minimum absolute atomic E-state index is 0.0333. The smallest absolute Gasteiger partial charge is 0.329 e. The second-order valence-electron chi connectivity index (χ2n) is 3.33. The Morgan fingerprint density at radius 2 is 2.11 bits per heavy atom. The van der Waals surface area contributed by atoms with Crippen LogP contribution in [0.2, 0.25) is 0 Å². The molecule has 0 aromatic heterocycles. The maximum absolute atomic E-state index is 11.1. The van der Waals surface area contributed by atoms with Crippen LogP contribution in [0.1, 0.15) is 5.56 Å². The van der Waals surface area contributed by atoms with Gasteiger partial charge in [0.1, 0.15) is 0 Å². The Labute approximate surface area is 117 Å². The molecule has 0 heterocycles. The summed E-state index contributed by atoms with van der Waals surface area (Å²) < 4.78 is 5.38. The first-order valence-electron chi connectivity index (χ1n) is 5.11. The Bertz CT molecular complexity index is 531. The number of rotatable bonds is 3. The Balaban J connectivity index is 2.80. The van der Waals surface area contributed by atoms with E-state index in [0.717, 1.165) is 0 Å². The molecule has 2 amide bonds. The summed E-state index contributed by atoms with van der Waals surface area (Å²) >= 11 is 3.15. The fourth-order valence-electron chi connectivity index (χ4n) is 1.15. The van der Waals surface area contributed by atoms with Crippen LogP contribution in [0, 0.1) is 0 Å². The van der Waals surface area contributed by atoms with Crippen molar-refractivity contribution < 1.29 is 19.4 Å². The highest BCUT2D eigenvalue weighted by Crippen LogP contribution is 2.34. The van der Waals surface area contributed by atoms with Crippen LogP contribution in [-0.2, 0) is 9.59 Å². The summed E-state index contributed by atoms with van der Waals surface area (Å²) in [6.07, 6.45) is 1.31. The third kappa shape index (κ3) is 3.95. The summed E-state index contributed by atoms with van der Waals surface area (Å²) in [6, 6.07) is 3.10. The molecule has 0 unspecified atom stereocenters. The number of ether oxygens (including phenoxy) is 1. The third-order valence-corrected chi connectivity index (χ3v) is 2.69. The van der Waals surface area contributed by atoms with Gasteiger partial charge < -0.3 is 15.2 Å². The van der Waals surface area contributed by atoms with Crippen molar-refractivity contribution in [3.8, 4) is 11.5 Å². The molecule has 0 aliphatic heterocycles. The number of likely N-dealkylation sites (N-methyl/N-ethyl adjacent to an activating group) is 1. The molecule has 0 radical (unpaired) electrons. The molecular formula is C11H12BrN3O4. The molecule has 102 valence electrons. The Hall–Kier alpha value is -2.09. The predicted molar refractivity (Wildman–Crippen MR) is 72.2 cm³/mol. The van der Waals surface area contributed by atoms with Gasteiger partial charge >= 0.3 is 11.8 Å². The van der Waals surface area contributed by atoms with Crippen molar-refractivity contribution in [2.24, 2.45) is 5.10 Å². The summed E-state index contributed by atoms with van der Waals surface area (Å²) in [5, 5.41) is 15.4. The van der Waals surface area contributed by atoms with E-state index in [1.165, 1.54) is 26.4 Å². The average Bonchev–Trinajstić information content (AvgIpc) is 2.41. The number of aromatic hydroxyl groups is 1. The van der Waals surface area contributed by atoms with E-state index in [0.29, 0.717) is 10.0 Å². The number of hydrogen-bond acceptors (Lipinski definition) is 5. The lowest BCUT2D eigenvalue weighted by atomic mass is 10.2. The second kappa shape index (κ2) is 6.74. The summed E-state index contributed by atoms with van der Waals surface area (Å²) in [5.74, 6) is -1.44. The molecule has 1 aromatic carbocycles. The van der Waals surface area contributed by atoms with Gasteiger partial charge in [0.25, 0.3) is 0 Å². The second-order valence-corrected chi connectivity index (χ2v) is 4.19. The summed E-state index contributed by atoms with van der Waals surface area (Å²) in [4.78, 5) is 22.0. The number of phenols is 1. The first-order chi connectivity index (χ1) is 8.99. The van der Waals surface area contributed by atoms with Crippen LogP contribution in [0.5, 0.6) is 11.5 Å². The van der Waals surface area contributed by atoms with Gasteiger partial charge in [0.2, 0.25) is 0 Å². The zero-order chi connectivity index (χ0) is 14.4. The van der Waals surface area contributed by atoms with Gasteiger partial charge in [-0.1, -0.05) is 0 Å². The largest absolute Gasteiger partial charge is 0.503 e. The first kappa shape index (κ1) is 15.0. The Kier molecular flexibility index (Phi) is 5.31. The number of nitrogens with zero attached hydrogens (tertiary/aromatic N) is 1. The van der Waals surface area contributed by atoms with E-state index in [1.54, 1.807) is 6.07 Å². The van der Waals surface area contributed by atoms with E-state index in [2.05, 4.69) is 31.8 Å². The summed E-state index contributed by atoms with van der Waals surface area (Å²) in [7, 11) is 2.75. The topological polar surface area (TPSA) is 100 Å². The molecule has 1 rings (SSSR count). The van der Waals surface area contributed by atoms with Gasteiger partial charge in [-0.25, -0.2) is 5.43 Å². The molecule has 0 aliphatic carbocycles. The lowest BCUT2D eigenvalue weighted by molar-refractivity contribution is -0.138. The number of nitrogens with one attached hydrogen (secondary N) is 2. The van der Waals surface area contributed by atoms with Gasteiger partial charge in [0, 0.05) is 7.05 Å². The summed E-state index contributed by atoms with van der Waals surface area (Å²) in [5.41, 5.74) is 2.62. The molecule has 0 fully saturated rings. The highest BCUT2D eigenvalue weighted by atomic mass is 79.9. The number of hydrazone groups is 1.